The maximum atomic E-state index is 10.8. The van der Waals surface area contributed by atoms with Gasteiger partial charge in [-0.25, -0.2) is 0 Å². The average molecular weight is 216 g/mol. The van der Waals surface area contributed by atoms with E-state index in [2.05, 4.69) is 0 Å². The summed E-state index contributed by atoms with van der Waals surface area (Å²) in [7, 11) is 0. The van der Waals surface area contributed by atoms with Crippen LogP contribution in [0, 0.1) is 11.3 Å². The van der Waals surface area contributed by atoms with Crippen LogP contribution in [0.15, 0.2) is 29.8 Å². The van der Waals surface area contributed by atoms with Gasteiger partial charge in [-0.3, -0.25) is 4.79 Å². The van der Waals surface area contributed by atoms with Crippen molar-refractivity contribution in [3.8, 4) is 11.8 Å². The first-order chi connectivity index (χ1) is 7.67. The molecule has 0 aliphatic heterocycles. The van der Waals surface area contributed by atoms with Gasteiger partial charge in [0, 0.05) is 0 Å². The van der Waals surface area contributed by atoms with Crippen LogP contribution >= 0.6 is 0 Å². The normalized spacial score (nSPS) is 10.6. The standard InChI is InChI=1S/C12H12N2O2/c1-2-16-11-5-3-4-9(7-11)6-10(8-13)12(14)15/h3-7H,2H2,1H3,(H2,14,15)/b10-6-. The fourth-order valence-electron chi connectivity index (χ4n) is 1.19. The molecular weight excluding hydrogens is 204 g/mol. The fourth-order valence-corrected chi connectivity index (χ4v) is 1.19. The SMILES string of the molecule is CCOc1cccc(/C=C(/C#N)C(N)=O)c1. The molecule has 0 fully saturated rings. The predicted octanol–water partition coefficient (Wildman–Crippen LogP) is 1.48. The average Bonchev–Trinajstić information content (AvgIpc) is 2.26. The minimum Gasteiger partial charge on any atom is -0.494 e. The molecule has 1 aromatic carbocycles. The van der Waals surface area contributed by atoms with E-state index < -0.39 is 5.91 Å². The number of carbonyl (C=O) groups excluding carboxylic acids is 1. The van der Waals surface area contributed by atoms with E-state index >= 15 is 0 Å². The third kappa shape index (κ3) is 3.14. The number of amides is 1. The minimum atomic E-state index is -0.732. The summed E-state index contributed by atoms with van der Waals surface area (Å²) in [6.45, 7) is 2.45. The number of primary amides is 1. The van der Waals surface area contributed by atoms with Crippen molar-refractivity contribution in [3.05, 3.63) is 35.4 Å². The Kier molecular flexibility index (Phi) is 4.10. The van der Waals surface area contributed by atoms with Crippen LogP contribution in [0.5, 0.6) is 5.75 Å². The van der Waals surface area contributed by atoms with Crippen LogP contribution in [0.25, 0.3) is 6.08 Å². The van der Waals surface area contributed by atoms with E-state index in [1.54, 1.807) is 30.3 Å². The van der Waals surface area contributed by atoms with Gasteiger partial charge in [-0.15, -0.1) is 0 Å². The molecule has 0 radical (unpaired) electrons. The third-order valence-electron chi connectivity index (χ3n) is 1.87. The quantitative estimate of drug-likeness (QED) is 0.611. The molecule has 1 aromatic rings. The van der Waals surface area contributed by atoms with E-state index in [0.717, 1.165) is 0 Å². The van der Waals surface area contributed by atoms with E-state index in [0.29, 0.717) is 17.9 Å². The highest BCUT2D eigenvalue weighted by molar-refractivity contribution is 6.00. The lowest BCUT2D eigenvalue weighted by atomic mass is 10.1. The molecule has 0 aliphatic carbocycles. The maximum Gasteiger partial charge on any atom is 0.259 e. The Balaban J connectivity index is 3.01. The zero-order chi connectivity index (χ0) is 12.0. The highest BCUT2D eigenvalue weighted by Gasteiger charge is 2.03. The van der Waals surface area contributed by atoms with Crippen molar-refractivity contribution < 1.29 is 9.53 Å². The highest BCUT2D eigenvalue weighted by atomic mass is 16.5. The number of nitrogens with zero attached hydrogens (tertiary/aromatic N) is 1. The summed E-state index contributed by atoms with van der Waals surface area (Å²) >= 11 is 0. The molecule has 4 nitrogen and oxygen atoms in total. The van der Waals surface area contributed by atoms with Crippen molar-refractivity contribution in [2.24, 2.45) is 5.73 Å². The lowest BCUT2D eigenvalue weighted by molar-refractivity contribution is -0.114. The first kappa shape index (κ1) is 11.8. The minimum absolute atomic E-state index is 0.0753. The van der Waals surface area contributed by atoms with Gasteiger partial charge in [0.1, 0.15) is 17.4 Å². The summed E-state index contributed by atoms with van der Waals surface area (Å²) in [6, 6.07) is 8.84. The van der Waals surface area contributed by atoms with Crippen molar-refractivity contribution in [1.29, 1.82) is 5.26 Å². The van der Waals surface area contributed by atoms with Gasteiger partial charge in [0.25, 0.3) is 5.91 Å². The van der Waals surface area contributed by atoms with Gasteiger partial charge < -0.3 is 10.5 Å². The summed E-state index contributed by atoms with van der Waals surface area (Å²) in [5.41, 5.74) is 5.67. The number of hydrogen-bond acceptors (Lipinski definition) is 3. The summed E-state index contributed by atoms with van der Waals surface area (Å²) in [5.74, 6) is -0.0395. The van der Waals surface area contributed by atoms with Crippen LogP contribution in [0.2, 0.25) is 0 Å². The van der Waals surface area contributed by atoms with Gasteiger partial charge in [0.2, 0.25) is 0 Å². The van der Waals surface area contributed by atoms with E-state index in [1.165, 1.54) is 6.08 Å². The molecule has 82 valence electrons. The Morgan fingerprint density at radius 3 is 2.94 bits per heavy atom. The number of rotatable bonds is 4. The Hall–Kier alpha value is -2.28. The van der Waals surface area contributed by atoms with Crippen molar-refractivity contribution in [1.82, 2.24) is 0 Å². The van der Waals surface area contributed by atoms with Gasteiger partial charge in [0.05, 0.1) is 6.61 Å². The number of benzene rings is 1. The van der Waals surface area contributed by atoms with E-state index in [-0.39, 0.29) is 5.57 Å². The topological polar surface area (TPSA) is 76.1 Å². The Labute approximate surface area is 93.9 Å². The van der Waals surface area contributed by atoms with Crippen LogP contribution in [0.4, 0.5) is 0 Å². The molecule has 0 unspecified atom stereocenters. The molecule has 0 aromatic heterocycles. The second-order valence-electron chi connectivity index (χ2n) is 3.04. The second-order valence-corrected chi connectivity index (χ2v) is 3.04. The molecule has 4 heteroatoms. The lowest BCUT2D eigenvalue weighted by Crippen LogP contribution is -2.12. The van der Waals surface area contributed by atoms with Crippen LogP contribution in [-0.2, 0) is 4.79 Å². The molecule has 16 heavy (non-hydrogen) atoms. The number of carbonyl (C=O) groups is 1. The number of nitriles is 1. The third-order valence-corrected chi connectivity index (χ3v) is 1.87. The molecule has 0 spiro atoms. The van der Waals surface area contributed by atoms with Crippen LogP contribution in [0.3, 0.4) is 0 Å². The molecule has 2 N–H and O–H groups in total. The lowest BCUT2D eigenvalue weighted by Gasteiger charge is -2.03. The smallest absolute Gasteiger partial charge is 0.259 e. The van der Waals surface area contributed by atoms with Gasteiger partial charge in [-0.2, -0.15) is 5.26 Å². The summed E-state index contributed by atoms with van der Waals surface area (Å²) in [4.78, 5) is 10.8. The van der Waals surface area contributed by atoms with Crippen LogP contribution in [0.1, 0.15) is 12.5 Å². The fraction of sp³-hybridized carbons (Fsp3) is 0.167. The van der Waals surface area contributed by atoms with Crippen molar-refractivity contribution >= 4 is 12.0 Å². The Bertz CT molecular complexity index is 458. The monoisotopic (exact) mass is 216 g/mol. The zero-order valence-corrected chi connectivity index (χ0v) is 8.93. The molecule has 0 heterocycles. The van der Waals surface area contributed by atoms with E-state index in [9.17, 15) is 4.79 Å². The zero-order valence-electron chi connectivity index (χ0n) is 8.93. The largest absolute Gasteiger partial charge is 0.494 e. The number of hydrogen-bond donors (Lipinski definition) is 1. The van der Waals surface area contributed by atoms with Crippen LogP contribution < -0.4 is 10.5 Å². The summed E-state index contributed by atoms with van der Waals surface area (Å²) in [5, 5.41) is 8.68. The van der Waals surface area contributed by atoms with Gasteiger partial charge >= 0.3 is 0 Å². The van der Waals surface area contributed by atoms with E-state index in [1.807, 2.05) is 6.92 Å². The Morgan fingerprint density at radius 1 is 1.62 bits per heavy atom. The molecule has 0 bridgehead atoms. The number of nitrogens with two attached hydrogens (primary N) is 1. The van der Waals surface area contributed by atoms with Crippen molar-refractivity contribution in [3.63, 3.8) is 0 Å². The first-order valence-corrected chi connectivity index (χ1v) is 4.82. The highest BCUT2D eigenvalue weighted by Crippen LogP contribution is 2.15. The molecule has 1 amide bonds. The molecule has 0 saturated carbocycles. The summed E-state index contributed by atoms with van der Waals surface area (Å²) in [6.07, 6.45) is 1.44. The summed E-state index contributed by atoms with van der Waals surface area (Å²) < 4.78 is 5.29. The van der Waals surface area contributed by atoms with Crippen molar-refractivity contribution in [2.75, 3.05) is 6.61 Å². The van der Waals surface area contributed by atoms with Gasteiger partial charge in [-0.1, -0.05) is 12.1 Å². The second kappa shape index (κ2) is 5.56. The first-order valence-electron chi connectivity index (χ1n) is 4.82. The van der Waals surface area contributed by atoms with Gasteiger partial charge in [-0.05, 0) is 30.7 Å². The number of ether oxygens (including phenoxy) is 1. The molecule has 0 aliphatic rings. The maximum absolute atomic E-state index is 10.8. The molecule has 1 rings (SSSR count). The van der Waals surface area contributed by atoms with Gasteiger partial charge in [0.15, 0.2) is 0 Å². The predicted molar refractivity (Wildman–Crippen MR) is 60.4 cm³/mol. The van der Waals surface area contributed by atoms with Crippen LogP contribution in [-0.4, -0.2) is 12.5 Å². The molecule has 0 saturated heterocycles. The van der Waals surface area contributed by atoms with Crippen molar-refractivity contribution in [2.45, 2.75) is 6.92 Å². The Morgan fingerprint density at radius 2 is 2.38 bits per heavy atom. The van der Waals surface area contributed by atoms with E-state index in [4.69, 9.17) is 15.7 Å². The molecule has 0 atom stereocenters. The molecular formula is C12H12N2O2.